The third-order valence-corrected chi connectivity index (χ3v) is 4.78. The molecule has 1 aliphatic rings. The molecule has 134 valence electrons. The summed E-state index contributed by atoms with van der Waals surface area (Å²) in [6, 6.07) is 8.45. The topological polar surface area (TPSA) is 66.3 Å². The van der Waals surface area contributed by atoms with Crippen molar-refractivity contribution < 1.29 is 4.79 Å². The van der Waals surface area contributed by atoms with Crippen molar-refractivity contribution in [2.24, 2.45) is 7.05 Å². The second kappa shape index (κ2) is 7.65. The molecule has 3 rings (SSSR count). The van der Waals surface area contributed by atoms with Crippen LogP contribution in [0.25, 0.3) is 0 Å². The number of nitrogens with one attached hydrogen (secondary N) is 1. The molecule has 1 fully saturated rings. The molecule has 2 aromatic rings. The molecule has 1 aliphatic heterocycles. The number of nitrogens with zero attached hydrogens (tertiary/aromatic N) is 5. The zero-order valence-corrected chi connectivity index (χ0v) is 15.1. The molecule has 7 nitrogen and oxygen atoms in total. The zero-order chi connectivity index (χ0) is 17.8. The Morgan fingerprint density at radius 3 is 2.40 bits per heavy atom. The summed E-state index contributed by atoms with van der Waals surface area (Å²) in [4.78, 5) is 17.1. The molecule has 7 heteroatoms. The van der Waals surface area contributed by atoms with Gasteiger partial charge in [-0.1, -0.05) is 5.21 Å². The van der Waals surface area contributed by atoms with Gasteiger partial charge >= 0.3 is 0 Å². The first-order valence-electron chi connectivity index (χ1n) is 8.75. The van der Waals surface area contributed by atoms with Gasteiger partial charge in [-0.25, -0.2) is 0 Å². The highest BCUT2D eigenvalue weighted by Crippen LogP contribution is 2.18. The van der Waals surface area contributed by atoms with Crippen LogP contribution in [0.2, 0.25) is 0 Å². The summed E-state index contributed by atoms with van der Waals surface area (Å²) in [5.74, 6) is -0.0858. The third-order valence-electron chi connectivity index (χ3n) is 4.78. The lowest BCUT2D eigenvalue weighted by atomic mass is 10.1. The summed E-state index contributed by atoms with van der Waals surface area (Å²) in [7, 11) is 1.81. The first kappa shape index (κ1) is 17.4. The Hall–Kier alpha value is -2.41. The lowest BCUT2D eigenvalue weighted by Crippen LogP contribution is -2.48. The molecule has 0 aliphatic carbocycles. The van der Waals surface area contributed by atoms with Gasteiger partial charge in [0.1, 0.15) is 0 Å². The van der Waals surface area contributed by atoms with E-state index in [4.69, 9.17) is 0 Å². The number of amides is 1. The van der Waals surface area contributed by atoms with Crippen LogP contribution in [-0.4, -0.2) is 58.0 Å². The van der Waals surface area contributed by atoms with Crippen LogP contribution < -0.4 is 10.2 Å². The van der Waals surface area contributed by atoms with Crippen molar-refractivity contribution in [3.05, 3.63) is 41.7 Å². The van der Waals surface area contributed by atoms with E-state index in [1.165, 1.54) is 5.69 Å². The standard InChI is InChI=1S/C18H26N6O/c1-14(2)23-8-10-24(11-9-23)16-6-4-15(5-7-16)18(25)19-12-17-13-20-21-22(17)3/h4-7,13-14H,8-12H2,1-3H3,(H,19,25). The summed E-state index contributed by atoms with van der Waals surface area (Å²) in [6.45, 7) is 9.11. The first-order valence-corrected chi connectivity index (χ1v) is 8.75. The predicted molar refractivity (Wildman–Crippen MR) is 97.5 cm³/mol. The number of carbonyl (C=O) groups is 1. The van der Waals surface area contributed by atoms with E-state index in [0.29, 0.717) is 18.2 Å². The molecule has 0 radical (unpaired) electrons. The average Bonchev–Trinajstić information content (AvgIpc) is 3.05. The van der Waals surface area contributed by atoms with E-state index in [9.17, 15) is 4.79 Å². The molecule has 2 heterocycles. The molecule has 0 atom stereocenters. The highest BCUT2D eigenvalue weighted by atomic mass is 16.1. The Morgan fingerprint density at radius 2 is 1.84 bits per heavy atom. The summed E-state index contributed by atoms with van der Waals surface area (Å²) in [5, 5.41) is 10.6. The lowest BCUT2D eigenvalue weighted by molar-refractivity contribution is 0.0950. The van der Waals surface area contributed by atoms with Gasteiger partial charge in [0.05, 0.1) is 18.4 Å². The Bertz CT molecular complexity index is 701. The van der Waals surface area contributed by atoms with Gasteiger partial charge in [0.2, 0.25) is 0 Å². The Morgan fingerprint density at radius 1 is 1.16 bits per heavy atom. The van der Waals surface area contributed by atoms with Crippen LogP contribution in [0.3, 0.4) is 0 Å². The summed E-state index contributed by atoms with van der Waals surface area (Å²) in [6.07, 6.45) is 1.65. The number of aryl methyl sites for hydroxylation is 1. The van der Waals surface area contributed by atoms with Crippen LogP contribution in [0.1, 0.15) is 29.9 Å². The number of aromatic nitrogens is 3. The molecule has 0 unspecified atom stereocenters. The largest absolute Gasteiger partial charge is 0.369 e. The van der Waals surface area contributed by atoms with Crippen LogP contribution in [0.15, 0.2) is 30.5 Å². The van der Waals surface area contributed by atoms with E-state index in [1.54, 1.807) is 10.9 Å². The second-order valence-electron chi connectivity index (χ2n) is 6.70. The van der Waals surface area contributed by atoms with Crippen molar-refractivity contribution in [3.8, 4) is 0 Å². The molecular formula is C18H26N6O. The van der Waals surface area contributed by atoms with Gasteiger partial charge in [-0.05, 0) is 38.1 Å². The van der Waals surface area contributed by atoms with Crippen LogP contribution >= 0.6 is 0 Å². The number of rotatable bonds is 5. The van der Waals surface area contributed by atoms with Gasteiger partial charge in [0.15, 0.2) is 0 Å². The summed E-state index contributed by atoms with van der Waals surface area (Å²) in [5.41, 5.74) is 2.71. The molecule has 1 amide bonds. The van der Waals surface area contributed by atoms with Gasteiger partial charge in [-0.3, -0.25) is 14.4 Å². The third kappa shape index (κ3) is 4.17. The Balaban J connectivity index is 1.55. The number of hydrogen-bond acceptors (Lipinski definition) is 5. The van der Waals surface area contributed by atoms with Crippen LogP contribution in [0.4, 0.5) is 5.69 Å². The lowest BCUT2D eigenvalue weighted by Gasteiger charge is -2.38. The number of carbonyl (C=O) groups excluding carboxylic acids is 1. The van der Waals surface area contributed by atoms with Gasteiger partial charge in [-0.2, -0.15) is 0 Å². The molecule has 1 aromatic heterocycles. The SMILES string of the molecule is CC(C)N1CCN(c2ccc(C(=O)NCc3cnnn3C)cc2)CC1. The zero-order valence-electron chi connectivity index (χ0n) is 15.1. The predicted octanol–water partition coefficient (Wildman–Crippen LogP) is 1.28. The summed E-state index contributed by atoms with van der Waals surface area (Å²) < 4.78 is 1.65. The number of anilines is 1. The fourth-order valence-corrected chi connectivity index (χ4v) is 3.06. The molecule has 0 saturated carbocycles. The quantitative estimate of drug-likeness (QED) is 0.887. The second-order valence-corrected chi connectivity index (χ2v) is 6.70. The van der Waals surface area contributed by atoms with Gasteiger partial charge in [0, 0.05) is 50.5 Å². The van der Waals surface area contributed by atoms with Crippen molar-refractivity contribution in [1.82, 2.24) is 25.2 Å². The molecule has 25 heavy (non-hydrogen) atoms. The molecule has 1 aromatic carbocycles. The highest BCUT2D eigenvalue weighted by Gasteiger charge is 2.19. The molecule has 1 saturated heterocycles. The maximum absolute atomic E-state index is 12.3. The molecule has 0 spiro atoms. The Labute approximate surface area is 148 Å². The monoisotopic (exact) mass is 342 g/mol. The van der Waals surface area contributed by atoms with E-state index in [2.05, 4.69) is 39.3 Å². The average molecular weight is 342 g/mol. The number of benzene rings is 1. The minimum atomic E-state index is -0.0858. The fraction of sp³-hybridized carbons (Fsp3) is 0.500. The van der Waals surface area contributed by atoms with E-state index >= 15 is 0 Å². The first-order chi connectivity index (χ1) is 12.0. The fourth-order valence-electron chi connectivity index (χ4n) is 3.06. The number of hydrogen-bond donors (Lipinski definition) is 1. The molecular weight excluding hydrogens is 316 g/mol. The maximum Gasteiger partial charge on any atom is 0.251 e. The van der Waals surface area contributed by atoms with Crippen LogP contribution in [0, 0.1) is 0 Å². The Kier molecular flexibility index (Phi) is 5.33. The van der Waals surface area contributed by atoms with Gasteiger partial charge < -0.3 is 10.2 Å². The minimum absolute atomic E-state index is 0.0858. The van der Waals surface area contributed by atoms with Crippen LogP contribution in [0.5, 0.6) is 0 Å². The van der Waals surface area contributed by atoms with Crippen molar-refractivity contribution in [2.45, 2.75) is 26.4 Å². The van der Waals surface area contributed by atoms with Gasteiger partial charge in [-0.15, -0.1) is 5.10 Å². The smallest absolute Gasteiger partial charge is 0.251 e. The van der Waals surface area contributed by atoms with Crippen molar-refractivity contribution in [3.63, 3.8) is 0 Å². The number of piperazine rings is 1. The maximum atomic E-state index is 12.3. The molecule has 1 N–H and O–H groups in total. The van der Waals surface area contributed by atoms with Gasteiger partial charge in [0.25, 0.3) is 5.91 Å². The van der Waals surface area contributed by atoms with Crippen LogP contribution in [-0.2, 0) is 13.6 Å². The molecule has 0 bridgehead atoms. The van der Waals surface area contributed by atoms with E-state index < -0.39 is 0 Å². The normalized spacial score (nSPS) is 15.6. The van der Waals surface area contributed by atoms with E-state index in [0.717, 1.165) is 31.9 Å². The van der Waals surface area contributed by atoms with Crippen molar-refractivity contribution in [1.29, 1.82) is 0 Å². The van der Waals surface area contributed by atoms with E-state index in [1.807, 2.05) is 31.3 Å². The van der Waals surface area contributed by atoms with Crippen molar-refractivity contribution >= 4 is 11.6 Å². The van der Waals surface area contributed by atoms with E-state index in [-0.39, 0.29) is 5.91 Å². The summed E-state index contributed by atoms with van der Waals surface area (Å²) >= 11 is 0. The van der Waals surface area contributed by atoms with Crippen molar-refractivity contribution in [2.75, 3.05) is 31.1 Å². The minimum Gasteiger partial charge on any atom is -0.369 e. The highest BCUT2D eigenvalue weighted by molar-refractivity contribution is 5.94.